The molecule has 1 aliphatic rings. The lowest BCUT2D eigenvalue weighted by molar-refractivity contribution is -0.113. The van der Waals surface area contributed by atoms with Crippen LogP contribution in [-0.4, -0.2) is 17.6 Å². The fraction of sp³-hybridized carbons (Fsp3) is 0.0800. The summed E-state index contributed by atoms with van der Waals surface area (Å²) in [7, 11) is 0. The van der Waals surface area contributed by atoms with Crippen LogP contribution in [0.3, 0.4) is 0 Å². The highest BCUT2D eigenvalue weighted by Gasteiger charge is 2.32. The number of aromatic hydroxyl groups is 1. The number of nitrogens with zero attached hydrogens (tertiary/aromatic N) is 1. The molecule has 0 radical (unpaired) electrons. The zero-order valence-electron chi connectivity index (χ0n) is 16.7. The number of phenolic OH excluding ortho intramolecular Hbond substituents is 1. The second-order valence-corrected chi connectivity index (χ2v) is 8.18. The maximum atomic E-state index is 13.4. The molecule has 0 bridgehead atoms. The van der Waals surface area contributed by atoms with Gasteiger partial charge in [-0.05, 0) is 70.4 Å². The molecule has 0 aromatic heterocycles. The maximum Gasteiger partial charge on any atom is 0.263 e. The predicted molar refractivity (Wildman–Crippen MR) is 128 cm³/mol. The van der Waals surface area contributed by atoms with Crippen LogP contribution in [0.25, 0.3) is 11.8 Å². The summed E-state index contributed by atoms with van der Waals surface area (Å²) in [6, 6.07) is 20.0. The molecule has 0 spiro atoms. The fourth-order valence-electron chi connectivity index (χ4n) is 3.42. The lowest BCUT2D eigenvalue weighted by Crippen LogP contribution is -2.25. The SMILES string of the molecule is CCOc1ccc(/C=C2\C=C(c3ccccc3)N(c3ccc(Cl)cc3O)C2=O)cc1Br. The van der Waals surface area contributed by atoms with Gasteiger partial charge >= 0.3 is 0 Å². The Morgan fingerprint density at radius 1 is 1.10 bits per heavy atom. The number of benzene rings is 3. The summed E-state index contributed by atoms with van der Waals surface area (Å²) >= 11 is 9.51. The number of ether oxygens (including phenoxy) is 1. The third kappa shape index (κ3) is 4.38. The number of phenols is 1. The van der Waals surface area contributed by atoms with Gasteiger partial charge in [0.25, 0.3) is 5.91 Å². The topological polar surface area (TPSA) is 49.8 Å². The summed E-state index contributed by atoms with van der Waals surface area (Å²) in [4.78, 5) is 14.9. The van der Waals surface area contributed by atoms with Gasteiger partial charge in [0, 0.05) is 16.7 Å². The number of halogens is 2. The Morgan fingerprint density at radius 3 is 2.55 bits per heavy atom. The molecule has 156 valence electrons. The van der Waals surface area contributed by atoms with Crippen LogP contribution in [-0.2, 0) is 4.79 Å². The van der Waals surface area contributed by atoms with E-state index in [-0.39, 0.29) is 11.7 Å². The quantitative estimate of drug-likeness (QED) is 0.401. The van der Waals surface area contributed by atoms with Crippen LogP contribution in [0.4, 0.5) is 5.69 Å². The minimum absolute atomic E-state index is 0.0623. The zero-order valence-corrected chi connectivity index (χ0v) is 19.0. The van der Waals surface area contributed by atoms with Gasteiger partial charge in [-0.3, -0.25) is 9.69 Å². The highest BCUT2D eigenvalue weighted by atomic mass is 79.9. The summed E-state index contributed by atoms with van der Waals surface area (Å²) in [6.07, 6.45) is 3.65. The van der Waals surface area contributed by atoms with Gasteiger partial charge in [0.05, 0.1) is 22.5 Å². The third-order valence-electron chi connectivity index (χ3n) is 4.81. The molecule has 1 amide bonds. The van der Waals surface area contributed by atoms with Crippen molar-refractivity contribution in [3.05, 3.63) is 99.0 Å². The van der Waals surface area contributed by atoms with Gasteiger partial charge in [-0.1, -0.05) is 48.0 Å². The van der Waals surface area contributed by atoms with Gasteiger partial charge in [0.15, 0.2) is 0 Å². The smallest absolute Gasteiger partial charge is 0.263 e. The highest BCUT2D eigenvalue weighted by molar-refractivity contribution is 9.10. The van der Waals surface area contributed by atoms with Gasteiger partial charge in [0.1, 0.15) is 11.5 Å². The first-order chi connectivity index (χ1) is 15.0. The second-order valence-electron chi connectivity index (χ2n) is 6.89. The van der Waals surface area contributed by atoms with Gasteiger partial charge in [-0.15, -0.1) is 0 Å². The van der Waals surface area contributed by atoms with Gasteiger partial charge in [-0.25, -0.2) is 0 Å². The van der Waals surface area contributed by atoms with Crippen LogP contribution >= 0.6 is 27.5 Å². The molecule has 0 saturated heterocycles. The molecular formula is C25H19BrClNO3. The van der Waals surface area contributed by atoms with Gasteiger partial charge in [-0.2, -0.15) is 0 Å². The lowest BCUT2D eigenvalue weighted by Gasteiger charge is -2.22. The van der Waals surface area contributed by atoms with E-state index in [0.717, 1.165) is 21.3 Å². The van der Waals surface area contributed by atoms with Crippen LogP contribution < -0.4 is 9.64 Å². The number of hydrogen-bond acceptors (Lipinski definition) is 3. The minimum Gasteiger partial charge on any atom is -0.506 e. The number of hydrogen-bond donors (Lipinski definition) is 1. The summed E-state index contributed by atoms with van der Waals surface area (Å²) in [5.41, 5.74) is 3.27. The van der Waals surface area contributed by atoms with Gasteiger partial charge in [0.2, 0.25) is 0 Å². The van der Waals surface area contributed by atoms with E-state index in [1.165, 1.54) is 11.0 Å². The van der Waals surface area contributed by atoms with E-state index in [1.807, 2.05) is 67.6 Å². The van der Waals surface area contributed by atoms with Crippen molar-refractivity contribution in [2.75, 3.05) is 11.5 Å². The van der Waals surface area contributed by atoms with E-state index in [1.54, 1.807) is 12.1 Å². The summed E-state index contributed by atoms with van der Waals surface area (Å²) in [6.45, 7) is 2.50. The molecular weight excluding hydrogens is 478 g/mol. The first-order valence-electron chi connectivity index (χ1n) is 9.72. The van der Waals surface area contributed by atoms with Crippen molar-refractivity contribution in [2.24, 2.45) is 0 Å². The molecule has 0 unspecified atom stereocenters. The Kier molecular flexibility index (Phi) is 6.16. The van der Waals surface area contributed by atoms with E-state index in [9.17, 15) is 9.90 Å². The summed E-state index contributed by atoms with van der Waals surface area (Å²) in [5, 5.41) is 10.9. The monoisotopic (exact) mass is 495 g/mol. The zero-order chi connectivity index (χ0) is 22.0. The number of carbonyl (C=O) groups excluding carboxylic acids is 1. The first kappa shape index (κ1) is 21.2. The van der Waals surface area contributed by atoms with Crippen molar-refractivity contribution < 1.29 is 14.6 Å². The lowest BCUT2D eigenvalue weighted by atomic mass is 10.1. The molecule has 0 saturated carbocycles. The molecule has 4 rings (SSSR count). The highest BCUT2D eigenvalue weighted by Crippen LogP contribution is 2.40. The molecule has 3 aromatic rings. The fourth-order valence-corrected chi connectivity index (χ4v) is 4.10. The first-order valence-corrected chi connectivity index (χ1v) is 10.9. The largest absolute Gasteiger partial charge is 0.506 e. The Morgan fingerprint density at radius 2 is 1.87 bits per heavy atom. The number of rotatable bonds is 5. The standard InChI is InChI=1S/C25H19BrClNO3/c1-2-31-24-11-8-16(13-20(24)26)12-18-14-22(17-6-4-3-5-7-17)28(25(18)30)21-10-9-19(27)15-23(21)29/h3-15,29H,2H2,1H3/b18-12+. The molecule has 4 nitrogen and oxygen atoms in total. The Hall–Kier alpha value is -3.02. The summed E-state index contributed by atoms with van der Waals surface area (Å²) < 4.78 is 6.38. The maximum absolute atomic E-state index is 13.4. The predicted octanol–water partition coefficient (Wildman–Crippen LogP) is 6.68. The third-order valence-corrected chi connectivity index (χ3v) is 5.66. The van der Waals surface area contributed by atoms with Crippen LogP contribution in [0.15, 0.2) is 82.9 Å². The number of amides is 1. The molecule has 0 atom stereocenters. The van der Waals surface area contributed by atoms with Gasteiger partial charge < -0.3 is 9.84 Å². The Labute approximate surface area is 194 Å². The van der Waals surface area contributed by atoms with E-state index < -0.39 is 0 Å². The average Bonchev–Trinajstić information content (AvgIpc) is 3.07. The van der Waals surface area contributed by atoms with E-state index >= 15 is 0 Å². The average molecular weight is 497 g/mol. The van der Waals surface area contributed by atoms with E-state index in [0.29, 0.717) is 28.6 Å². The van der Waals surface area contributed by atoms with E-state index in [2.05, 4.69) is 15.9 Å². The number of anilines is 1. The Bertz CT molecular complexity index is 1200. The van der Waals surface area contributed by atoms with Crippen LogP contribution in [0.2, 0.25) is 5.02 Å². The molecule has 6 heteroatoms. The normalized spacial score (nSPS) is 14.8. The van der Waals surface area contributed by atoms with Crippen molar-refractivity contribution >= 4 is 50.9 Å². The minimum atomic E-state index is -0.235. The summed E-state index contributed by atoms with van der Waals surface area (Å²) in [5.74, 6) is 0.449. The Balaban J connectivity index is 1.79. The second kappa shape index (κ2) is 9.00. The van der Waals surface area contributed by atoms with Crippen LogP contribution in [0, 0.1) is 0 Å². The van der Waals surface area contributed by atoms with Crippen molar-refractivity contribution in [1.29, 1.82) is 0 Å². The molecule has 1 aliphatic heterocycles. The van der Waals surface area contributed by atoms with Crippen molar-refractivity contribution in [3.8, 4) is 11.5 Å². The number of carbonyl (C=O) groups is 1. The molecule has 1 N–H and O–H groups in total. The molecule has 3 aromatic carbocycles. The van der Waals surface area contributed by atoms with Crippen molar-refractivity contribution in [3.63, 3.8) is 0 Å². The molecule has 0 aliphatic carbocycles. The van der Waals surface area contributed by atoms with Crippen LogP contribution in [0.1, 0.15) is 18.1 Å². The molecule has 1 heterocycles. The molecule has 31 heavy (non-hydrogen) atoms. The van der Waals surface area contributed by atoms with E-state index in [4.69, 9.17) is 16.3 Å². The van der Waals surface area contributed by atoms with Crippen molar-refractivity contribution in [1.82, 2.24) is 0 Å². The molecule has 0 fully saturated rings. The van der Waals surface area contributed by atoms with Crippen molar-refractivity contribution in [2.45, 2.75) is 6.92 Å². The van der Waals surface area contributed by atoms with Crippen LogP contribution in [0.5, 0.6) is 11.5 Å².